The molecule has 2 aliphatic rings. The van der Waals surface area contributed by atoms with E-state index in [1.807, 2.05) is 19.9 Å². The molecule has 4 rings (SSSR count). The smallest absolute Gasteiger partial charge is 0.163 e. The Bertz CT molecular complexity index is 753. The van der Waals surface area contributed by atoms with Crippen LogP contribution in [0.1, 0.15) is 48.4 Å². The van der Waals surface area contributed by atoms with Gasteiger partial charge in [0.05, 0.1) is 12.7 Å². The molecule has 1 aliphatic heterocycles. The van der Waals surface area contributed by atoms with Gasteiger partial charge in [-0.1, -0.05) is 30.3 Å². The third-order valence-corrected chi connectivity index (χ3v) is 5.13. The molecule has 1 aliphatic carbocycles. The van der Waals surface area contributed by atoms with Crippen molar-refractivity contribution >= 4 is 0 Å². The molecule has 1 fully saturated rings. The van der Waals surface area contributed by atoms with Crippen LogP contribution in [0.3, 0.4) is 0 Å². The Hall–Kier alpha value is -1.71. The van der Waals surface area contributed by atoms with E-state index in [1.54, 1.807) is 12.1 Å². The first kappa shape index (κ1) is 15.8. The SMILES string of the molecule is CC1(C)OC[C@@H](CC2Cc3cc(F)ccc3Cc3ccccc32)O1. The predicted octanol–water partition coefficient (Wildman–Crippen LogP) is 4.60. The molecular weight excluding hydrogens is 303 g/mol. The van der Waals surface area contributed by atoms with Gasteiger partial charge in [0, 0.05) is 0 Å². The van der Waals surface area contributed by atoms with Gasteiger partial charge < -0.3 is 9.47 Å². The molecule has 2 aromatic carbocycles. The predicted molar refractivity (Wildman–Crippen MR) is 91.6 cm³/mol. The van der Waals surface area contributed by atoms with Crippen molar-refractivity contribution < 1.29 is 13.9 Å². The summed E-state index contributed by atoms with van der Waals surface area (Å²) < 4.78 is 25.5. The third-order valence-electron chi connectivity index (χ3n) is 5.13. The van der Waals surface area contributed by atoms with Crippen molar-refractivity contribution in [3.63, 3.8) is 0 Å². The van der Waals surface area contributed by atoms with E-state index in [4.69, 9.17) is 9.47 Å². The number of fused-ring (bicyclic) bond motifs is 2. The number of benzene rings is 2. The lowest BCUT2D eigenvalue weighted by Gasteiger charge is -2.22. The van der Waals surface area contributed by atoms with E-state index in [9.17, 15) is 4.39 Å². The molecule has 0 bridgehead atoms. The second-order valence-electron chi connectivity index (χ2n) is 7.38. The minimum atomic E-state index is -0.501. The second-order valence-corrected chi connectivity index (χ2v) is 7.38. The lowest BCUT2D eigenvalue weighted by molar-refractivity contribution is -0.139. The van der Waals surface area contributed by atoms with Gasteiger partial charge in [-0.3, -0.25) is 0 Å². The van der Waals surface area contributed by atoms with Crippen molar-refractivity contribution in [2.24, 2.45) is 0 Å². The molecule has 2 aromatic rings. The zero-order chi connectivity index (χ0) is 16.7. The summed E-state index contributed by atoms with van der Waals surface area (Å²) in [7, 11) is 0. The molecule has 0 amide bonds. The van der Waals surface area contributed by atoms with Crippen molar-refractivity contribution in [3.05, 3.63) is 70.5 Å². The van der Waals surface area contributed by atoms with Crippen LogP contribution >= 0.6 is 0 Å². The van der Waals surface area contributed by atoms with Crippen LogP contribution in [-0.2, 0) is 22.3 Å². The molecule has 0 saturated carbocycles. The van der Waals surface area contributed by atoms with Gasteiger partial charge in [0.2, 0.25) is 0 Å². The topological polar surface area (TPSA) is 18.5 Å². The molecule has 2 nitrogen and oxygen atoms in total. The van der Waals surface area contributed by atoms with Gasteiger partial charge in [-0.15, -0.1) is 0 Å². The largest absolute Gasteiger partial charge is 0.348 e. The van der Waals surface area contributed by atoms with Crippen LogP contribution in [0.25, 0.3) is 0 Å². The molecule has 0 aromatic heterocycles. The standard InChI is InChI=1S/C21H23FO2/c1-21(2)23-13-19(24-21)12-17-10-16-11-18(22)8-7-14(16)9-15-5-3-4-6-20(15)17/h3-8,11,17,19H,9-10,12-13H2,1-2H3/t17?,19-/m1/s1. The van der Waals surface area contributed by atoms with Crippen LogP contribution in [0.2, 0.25) is 0 Å². The molecule has 0 radical (unpaired) electrons. The Morgan fingerprint density at radius 2 is 1.92 bits per heavy atom. The molecule has 1 heterocycles. The number of ether oxygens (including phenoxy) is 2. The van der Waals surface area contributed by atoms with Crippen LogP contribution in [-0.4, -0.2) is 18.5 Å². The van der Waals surface area contributed by atoms with E-state index in [0.717, 1.165) is 24.8 Å². The lowest BCUT2D eigenvalue weighted by Crippen LogP contribution is -2.23. The van der Waals surface area contributed by atoms with Crippen LogP contribution < -0.4 is 0 Å². The highest BCUT2D eigenvalue weighted by molar-refractivity contribution is 5.42. The van der Waals surface area contributed by atoms with Gasteiger partial charge in [-0.25, -0.2) is 4.39 Å². The van der Waals surface area contributed by atoms with Crippen LogP contribution in [0.15, 0.2) is 42.5 Å². The fourth-order valence-corrected chi connectivity index (χ4v) is 4.04. The Kier molecular flexibility index (Phi) is 3.93. The van der Waals surface area contributed by atoms with E-state index >= 15 is 0 Å². The van der Waals surface area contributed by atoms with Crippen LogP contribution in [0.4, 0.5) is 4.39 Å². The van der Waals surface area contributed by atoms with E-state index in [0.29, 0.717) is 12.5 Å². The van der Waals surface area contributed by atoms with Crippen molar-refractivity contribution in [3.8, 4) is 0 Å². The first-order valence-electron chi connectivity index (χ1n) is 8.67. The van der Waals surface area contributed by atoms with Gasteiger partial charge in [0.25, 0.3) is 0 Å². The molecule has 1 unspecified atom stereocenters. The Balaban J connectivity index is 1.67. The number of rotatable bonds is 2. The minimum absolute atomic E-state index is 0.0909. The first-order valence-corrected chi connectivity index (χ1v) is 8.67. The highest BCUT2D eigenvalue weighted by Crippen LogP contribution is 2.37. The van der Waals surface area contributed by atoms with E-state index in [-0.39, 0.29) is 11.9 Å². The monoisotopic (exact) mass is 326 g/mol. The average molecular weight is 326 g/mol. The summed E-state index contributed by atoms with van der Waals surface area (Å²) in [5.41, 5.74) is 5.05. The summed E-state index contributed by atoms with van der Waals surface area (Å²) in [5.74, 6) is -0.328. The summed E-state index contributed by atoms with van der Waals surface area (Å²) in [6.07, 6.45) is 2.71. The molecule has 2 atom stereocenters. The van der Waals surface area contributed by atoms with Gasteiger partial charge in [0.15, 0.2) is 5.79 Å². The van der Waals surface area contributed by atoms with E-state index < -0.39 is 5.79 Å². The molecule has 24 heavy (non-hydrogen) atoms. The zero-order valence-electron chi connectivity index (χ0n) is 14.2. The fraction of sp³-hybridized carbons (Fsp3) is 0.429. The van der Waals surface area contributed by atoms with E-state index in [1.165, 1.54) is 16.7 Å². The Morgan fingerprint density at radius 1 is 1.08 bits per heavy atom. The number of hydrogen-bond acceptors (Lipinski definition) is 2. The number of halogens is 1. The Labute approximate surface area is 142 Å². The maximum absolute atomic E-state index is 13.7. The summed E-state index contributed by atoms with van der Waals surface area (Å²) in [5, 5.41) is 0. The molecule has 1 saturated heterocycles. The van der Waals surface area contributed by atoms with Gasteiger partial charge in [-0.2, -0.15) is 0 Å². The van der Waals surface area contributed by atoms with Crippen molar-refractivity contribution in [1.82, 2.24) is 0 Å². The summed E-state index contributed by atoms with van der Waals surface area (Å²) in [6.45, 7) is 4.54. The maximum atomic E-state index is 13.7. The Morgan fingerprint density at radius 3 is 2.71 bits per heavy atom. The quantitative estimate of drug-likeness (QED) is 0.803. The van der Waals surface area contributed by atoms with Gasteiger partial charge in [-0.05, 0) is 73.4 Å². The fourth-order valence-electron chi connectivity index (χ4n) is 4.04. The maximum Gasteiger partial charge on any atom is 0.163 e. The molecule has 3 heteroatoms. The second kappa shape index (κ2) is 5.98. The highest BCUT2D eigenvalue weighted by Gasteiger charge is 2.35. The summed E-state index contributed by atoms with van der Waals surface area (Å²) in [4.78, 5) is 0. The molecular formula is C21H23FO2. The van der Waals surface area contributed by atoms with Crippen molar-refractivity contribution in [2.75, 3.05) is 6.61 Å². The summed E-state index contributed by atoms with van der Waals surface area (Å²) >= 11 is 0. The zero-order valence-corrected chi connectivity index (χ0v) is 14.2. The highest BCUT2D eigenvalue weighted by atomic mass is 19.1. The summed E-state index contributed by atoms with van der Waals surface area (Å²) in [6, 6.07) is 13.8. The number of hydrogen-bond donors (Lipinski definition) is 0. The van der Waals surface area contributed by atoms with Crippen molar-refractivity contribution in [2.45, 2.75) is 50.9 Å². The molecule has 0 spiro atoms. The van der Waals surface area contributed by atoms with Gasteiger partial charge >= 0.3 is 0 Å². The average Bonchev–Trinajstić information content (AvgIpc) is 2.80. The van der Waals surface area contributed by atoms with E-state index in [2.05, 4.69) is 24.3 Å². The normalized spacial score (nSPS) is 25.0. The van der Waals surface area contributed by atoms with Crippen LogP contribution in [0, 0.1) is 5.82 Å². The lowest BCUT2D eigenvalue weighted by atomic mass is 9.87. The molecule has 0 N–H and O–H groups in total. The molecule has 126 valence electrons. The first-order chi connectivity index (χ1) is 11.5. The third kappa shape index (κ3) is 3.11. The van der Waals surface area contributed by atoms with Crippen LogP contribution in [0.5, 0.6) is 0 Å². The van der Waals surface area contributed by atoms with Crippen molar-refractivity contribution in [1.29, 1.82) is 0 Å². The minimum Gasteiger partial charge on any atom is -0.348 e. The van der Waals surface area contributed by atoms with Gasteiger partial charge in [0.1, 0.15) is 5.82 Å².